The van der Waals surface area contributed by atoms with E-state index in [9.17, 15) is 9.59 Å². The normalized spacial score (nSPS) is 15.7. The molecule has 3 heterocycles. The fourth-order valence-electron chi connectivity index (χ4n) is 5.71. The molecule has 1 saturated heterocycles. The summed E-state index contributed by atoms with van der Waals surface area (Å²) < 4.78 is 2.12. The van der Waals surface area contributed by atoms with Gasteiger partial charge in [0.25, 0.3) is 5.91 Å². The van der Waals surface area contributed by atoms with Crippen LogP contribution in [0.5, 0.6) is 0 Å². The van der Waals surface area contributed by atoms with Crippen molar-refractivity contribution in [1.29, 1.82) is 0 Å². The fraction of sp³-hybridized carbons (Fsp3) is 0.324. The van der Waals surface area contributed by atoms with E-state index in [0.717, 1.165) is 22.0 Å². The zero-order valence-corrected chi connectivity index (χ0v) is 26.9. The lowest BCUT2D eigenvalue weighted by molar-refractivity contribution is -0.130. The predicted molar refractivity (Wildman–Crippen MR) is 176 cm³/mol. The number of nitrogens with zero attached hydrogens (tertiary/aromatic N) is 6. The lowest BCUT2D eigenvalue weighted by atomic mass is 9.86. The van der Waals surface area contributed by atoms with Gasteiger partial charge in [-0.25, -0.2) is 4.98 Å². The van der Waals surface area contributed by atoms with Crippen LogP contribution in [-0.2, 0) is 16.8 Å². The minimum atomic E-state index is -0.0936. The molecule has 2 amide bonds. The van der Waals surface area contributed by atoms with Gasteiger partial charge in [0.15, 0.2) is 5.65 Å². The van der Waals surface area contributed by atoms with Crippen molar-refractivity contribution in [3.05, 3.63) is 94.5 Å². The van der Waals surface area contributed by atoms with Gasteiger partial charge in [-0.3, -0.25) is 9.59 Å². The number of piperazine rings is 1. The van der Waals surface area contributed by atoms with Crippen molar-refractivity contribution in [1.82, 2.24) is 29.5 Å². The number of hydrogen-bond acceptors (Lipinski definition) is 6. The lowest BCUT2D eigenvalue weighted by Crippen LogP contribution is -2.55. The van der Waals surface area contributed by atoms with Gasteiger partial charge in [-0.15, -0.1) is 10.2 Å². The number of thioether (sulfide) groups is 1. The maximum atomic E-state index is 13.3. The van der Waals surface area contributed by atoms with Crippen LogP contribution in [0.3, 0.4) is 0 Å². The van der Waals surface area contributed by atoms with E-state index in [1.54, 1.807) is 0 Å². The zero-order chi connectivity index (χ0) is 31.0. The van der Waals surface area contributed by atoms with Crippen LogP contribution >= 0.6 is 23.4 Å². The third-order valence-electron chi connectivity index (χ3n) is 8.15. The van der Waals surface area contributed by atoms with E-state index in [2.05, 4.69) is 35.5 Å². The molecule has 1 atom stereocenters. The highest BCUT2D eigenvalue weighted by Crippen LogP contribution is 2.29. The van der Waals surface area contributed by atoms with Gasteiger partial charge in [0.1, 0.15) is 5.52 Å². The van der Waals surface area contributed by atoms with Gasteiger partial charge in [-0.2, -0.15) is 0 Å². The number of hydrogen-bond donors (Lipinski definition) is 0. The van der Waals surface area contributed by atoms with E-state index < -0.39 is 0 Å². The second-order valence-electron chi connectivity index (χ2n) is 12.3. The summed E-state index contributed by atoms with van der Waals surface area (Å²) >= 11 is 7.54. The van der Waals surface area contributed by atoms with Gasteiger partial charge in [0.05, 0.1) is 11.3 Å². The minimum Gasteiger partial charge on any atom is -0.338 e. The van der Waals surface area contributed by atoms with Crippen LogP contribution in [0.1, 0.15) is 49.2 Å². The van der Waals surface area contributed by atoms with E-state index in [1.807, 2.05) is 89.5 Å². The van der Waals surface area contributed by atoms with E-state index in [-0.39, 0.29) is 29.0 Å². The average molecular weight is 627 g/mol. The fourth-order valence-corrected chi connectivity index (χ4v) is 6.61. The SMILES string of the molecule is CC1CN(C(=O)CSc2nnc3c4ccccc4n(Cc4cccc(Cl)c4)c3n2)CCN1C(=O)c1ccc(C(C)(C)C)cc1. The molecule has 44 heavy (non-hydrogen) atoms. The van der Waals surface area contributed by atoms with E-state index in [1.165, 1.54) is 17.3 Å². The topological polar surface area (TPSA) is 84.2 Å². The molecule has 5 aromatic rings. The Morgan fingerprint density at radius 1 is 0.977 bits per heavy atom. The summed E-state index contributed by atoms with van der Waals surface area (Å²) in [6.45, 7) is 10.5. The van der Waals surface area contributed by atoms with Crippen LogP contribution in [0.2, 0.25) is 5.02 Å². The second kappa shape index (κ2) is 12.2. The second-order valence-corrected chi connectivity index (χ2v) is 13.7. The molecule has 6 rings (SSSR count). The summed E-state index contributed by atoms with van der Waals surface area (Å²) in [6.07, 6.45) is 0. The molecule has 1 aliphatic heterocycles. The highest BCUT2D eigenvalue weighted by molar-refractivity contribution is 7.99. The first-order chi connectivity index (χ1) is 21.1. The van der Waals surface area contributed by atoms with Crippen LogP contribution in [0, 0.1) is 0 Å². The highest BCUT2D eigenvalue weighted by atomic mass is 35.5. The van der Waals surface area contributed by atoms with Gasteiger partial charge in [0.2, 0.25) is 11.1 Å². The summed E-state index contributed by atoms with van der Waals surface area (Å²) in [5.74, 6) is 0.184. The van der Waals surface area contributed by atoms with Crippen molar-refractivity contribution in [2.24, 2.45) is 0 Å². The summed E-state index contributed by atoms with van der Waals surface area (Å²) in [4.78, 5) is 35.1. The van der Waals surface area contributed by atoms with Crippen LogP contribution in [0.15, 0.2) is 78.0 Å². The molecule has 1 fully saturated rings. The zero-order valence-electron chi connectivity index (χ0n) is 25.3. The lowest BCUT2D eigenvalue weighted by Gasteiger charge is -2.40. The molecule has 8 nitrogen and oxygen atoms in total. The Bertz CT molecular complexity index is 1850. The van der Waals surface area contributed by atoms with Gasteiger partial charge in [-0.1, -0.05) is 86.6 Å². The number of carbonyl (C=O) groups is 2. The van der Waals surface area contributed by atoms with Crippen LogP contribution in [0.4, 0.5) is 0 Å². The number of rotatable bonds is 6. The third kappa shape index (κ3) is 6.16. The highest BCUT2D eigenvalue weighted by Gasteiger charge is 2.30. The molecule has 2 aromatic heterocycles. The number of halogens is 1. The van der Waals surface area contributed by atoms with Gasteiger partial charge in [0, 0.05) is 48.2 Å². The molecule has 10 heteroatoms. The first-order valence-corrected chi connectivity index (χ1v) is 16.1. The smallest absolute Gasteiger partial charge is 0.254 e. The molecule has 0 saturated carbocycles. The number of carbonyl (C=O) groups excluding carboxylic acids is 2. The van der Waals surface area contributed by atoms with Gasteiger partial charge >= 0.3 is 0 Å². The van der Waals surface area contributed by atoms with Crippen molar-refractivity contribution >= 4 is 57.2 Å². The quantitative estimate of drug-likeness (QED) is 0.202. The molecule has 3 aromatic carbocycles. The largest absolute Gasteiger partial charge is 0.338 e. The number of para-hydroxylation sites is 1. The Kier molecular flexibility index (Phi) is 8.35. The third-order valence-corrected chi connectivity index (χ3v) is 9.21. The average Bonchev–Trinajstić information content (AvgIpc) is 3.31. The van der Waals surface area contributed by atoms with Crippen LogP contribution < -0.4 is 0 Å². The molecular weight excluding hydrogens is 592 g/mol. The first kappa shape index (κ1) is 30.1. The molecule has 1 unspecified atom stereocenters. The van der Waals surface area contributed by atoms with Crippen molar-refractivity contribution in [2.75, 3.05) is 25.4 Å². The maximum absolute atomic E-state index is 13.3. The number of amides is 2. The maximum Gasteiger partial charge on any atom is 0.254 e. The summed E-state index contributed by atoms with van der Waals surface area (Å²) in [6, 6.07) is 23.6. The number of benzene rings is 3. The van der Waals surface area contributed by atoms with Gasteiger partial charge in [-0.05, 0) is 53.8 Å². The van der Waals surface area contributed by atoms with Crippen molar-refractivity contribution in [3.63, 3.8) is 0 Å². The Hall–Kier alpha value is -3.95. The predicted octanol–water partition coefficient (Wildman–Crippen LogP) is 6.44. The van der Waals surface area contributed by atoms with E-state index in [0.29, 0.717) is 47.6 Å². The number of aromatic nitrogens is 4. The Balaban J connectivity index is 1.13. The molecule has 0 N–H and O–H groups in total. The van der Waals surface area contributed by atoms with E-state index in [4.69, 9.17) is 16.6 Å². The standard InChI is InChI=1S/C34H35ClN6O2S/c1-22-19-39(16-17-40(22)32(43)24-12-14-25(15-13-24)34(2,3)4)29(42)21-44-33-36-31-30(37-38-33)27-10-5-6-11-28(27)41(31)20-23-8-7-9-26(35)18-23/h5-15,18,22H,16-17,19-21H2,1-4H3. The Morgan fingerprint density at radius 2 is 1.75 bits per heavy atom. The molecule has 226 valence electrons. The summed E-state index contributed by atoms with van der Waals surface area (Å²) in [7, 11) is 0. The Morgan fingerprint density at radius 3 is 2.48 bits per heavy atom. The summed E-state index contributed by atoms with van der Waals surface area (Å²) in [5, 5.41) is 11.0. The molecular formula is C34H35ClN6O2S. The number of fused-ring (bicyclic) bond motifs is 3. The van der Waals surface area contributed by atoms with E-state index >= 15 is 0 Å². The monoisotopic (exact) mass is 626 g/mol. The molecule has 1 aliphatic rings. The van der Waals surface area contributed by atoms with Crippen molar-refractivity contribution < 1.29 is 9.59 Å². The molecule has 0 aliphatic carbocycles. The molecule has 0 spiro atoms. The first-order valence-electron chi connectivity index (χ1n) is 14.8. The minimum absolute atomic E-state index is 0.000345. The van der Waals surface area contributed by atoms with Crippen molar-refractivity contribution in [2.45, 2.75) is 50.9 Å². The summed E-state index contributed by atoms with van der Waals surface area (Å²) in [5.41, 5.74) is 5.39. The van der Waals surface area contributed by atoms with Crippen LogP contribution in [0.25, 0.3) is 22.1 Å². The van der Waals surface area contributed by atoms with Crippen molar-refractivity contribution in [3.8, 4) is 0 Å². The van der Waals surface area contributed by atoms with Gasteiger partial charge < -0.3 is 14.4 Å². The Labute approximate surface area is 266 Å². The molecule has 0 radical (unpaired) electrons. The van der Waals surface area contributed by atoms with Crippen LogP contribution in [-0.4, -0.2) is 72.8 Å². The molecule has 0 bridgehead atoms.